The molecular formula is C12H24N2O3S. The second kappa shape index (κ2) is 7.63. The van der Waals surface area contributed by atoms with E-state index in [1.165, 1.54) is 11.8 Å². The van der Waals surface area contributed by atoms with Crippen molar-refractivity contribution in [1.29, 1.82) is 0 Å². The normalized spacial score (nSPS) is 14.9. The lowest BCUT2D eigenvalue weighted by Gasteiger charge is -2.27. The predicted molar refractivity (Wildman–Crippen MR) is 74.7 cm³/mol. The van der Waals surface area contributed by atoms with E-state index in [9.17, 15) is 9.59 Å². The summed E-state index contributed by atoms with van der Waals surface area (Å²) in [5.41, 5.74) is 5.58. The molecule has 0 aliphatic heterocycles. The largest absolute Gasteiger partial charge is 0.480 e. The summed E-state index contributed by atoms with van der Waals surface area (Å²) in [5, 5.41) is 11.7. The average Bonchev–Trinajstić information content (AvgIpc) is 2.25. The molecule has 0 heterocycles. The number of aliphatic carboxylic acids is 1. The third kappa shape index (κ3) is 6.26. The van der Waals surface area contributed by atoms with Crippen LogP contribution < -0.4 is 11.1 Å². The van der Waals surface area contributed by atoms with Crippen LogP contribution in [0.25, 0.3) is 0 Å². The number of nitrogens with one attached hydrogen (secondary N) is 1. The number of carboxylic acid groups (broad SMARTS) is 1. The summed E-state index contributed by atoms with van der Waals surface area (Å²) in [4.78, 5) is 22.5. The molecule has 0 spiro atoms. The Hall–Kier alpha value is -0.750. The van der Waals surface area contributed by atoms with E-state index in [-0.39, 0.29) is 17.7 Å². The van der Waals surface area contributed by atoms with Gasteiger partial charge in [0.25, 0.3) is 0 Å². The highest BCUT2D eigenvalue weighted by Crippen LogP contribution is 2.27. The summed E-state index contributed by atoms with van der Waals surface area (Å²) >= 11 is 1.27. The minimum atomic E-state index is -1.05. The molecule has 0 rings (SSSR count). The Morgan fingerprint density at radius 1 is 1.44 bits per heavy atom. The van der Waals surface area contributed by atoms with Gasteiger partial charge in [-0.1, -0.05) is 13.3 Å². The number of carbonyl (C=O) groups is 2. The first-order chi connectivity index (χ1) is 8.20. The third-order valence-corrected chi connectivity index (χ3v) is 4.12. The molecule has 0 radical (unpaired) electrons. The second-order valence-corrected chi connectivity index (χ2v) is 6.59. The van der Waals surface area contributed by atoms with Crippen LogP contribution in [0, 0.1) is 0 Å². The van der Waals surface area contributed by atoms with Gasteiger partial charge < -0.3 is 16.2 Å². The summed E-state index contributed by atoms with van der Waals surface area (Å²) in [6.07, 6.45) is 1.96. The van der Waals surface area contributed by atoms with Gasteiger partial charge in [-0.2, -0.15) is 0 Å². The number of thioether (sulfide) groups is 1. The van der Waals surface area contributed by atoms with Crippen molar-refractivity contribution in [3.8, 4) is 0 Å². The first-order valence-corrected chi connectivity index (χ1v) is 7.11. The zero-order valence-electron chi connectivity index (χ0n) is 11.5. The minimum absolute atomic E-state index is 0.0772. The zero-order chi connectivity index (χ0) is 14.3. The molecule has 1 unspecified atom stereocenters. The van der Waals surface area contributed by atoms with E-state index in [1.807, 2.05) is 6.92 Å². The van der Waals surface area contributed by atoms with Gasteiger partial charge in [-0.05, 0) is 27.2 Å². The van der Waals surface area contributed by atoms with E-state index in [4.69, 9.17) is 10.8 Å². The van der Waals surface area contributed by atoms with E-state index in [0.29, 0.717) is 0 Å². The number of hydrogen-bond donors (Lipinski definition) is 3. The molecular weight excluding hydrogens is 252 g/mol. The SMILES string of the molecule is CCCC(C)NC(=O)CSC(C)(C)[C@@H](N)C(=O)O. The number of hydrogen-bond acceptors (Lipinski definition) is 4. The highest BCUT2D eigenvalue weighted by molar-refractivity contribution is 8.01. The first-order valence-electron chi connectivity index (χ1n) is 6.12. The molecule has 5 nitrogen and oxygen atoms in total. The van der Waals surface area contributed by atoms with Crippen LogP contribution in [-0.4, -0.2) is 39.6 Å². The van der Waals surface area contributed by atoms with Crippen molar-refractivity contribution in [2.75, 3.05) is 5.75 Å². The van der Waals surface area contributed by atoms with Crippen molar-refractivity contribution in [2.45, 2.75) is 57.4 Å². The Kier molecular flexibility index (Phi) is 7.32. The number of amides is 1. The van der Waals surface area contributed by atoms with Crippen LogP contribution in [0.2, 0.25) is 0 Å². The van der Waals surface area contributed by atoms with Crippen molar-refractivity contribution in [2.24, 2.45) is 5.73 Å². The number of carboxylic acids is 1. The molecule has 0 fully saturated rings. The van der Waals surface area contributed by atoms with E-state index in [1.54, 1.807) is 13.8 Å². The fourth-order valence-corrected chi connectivity index (χ4v) is 2.33. The Morgan fingerprint density at radius 3 is 2.44 bits per heavy atom. The monoisotopic (exact) mass is 276 g/mol. The lowest BCUT2D eigenvalue weighted by atomic mass is 10.1. The Bertz CT molecular complexity index is 295. The molecule has 0 aromatic heterocycles. The van der Waals surface area contributed by atoms with E-state index < -0.39 is 16.8 Å². The van der Waals surface area contributed by atoms with Gasteiger partial charge >= 0.3 is 5.97 Å². The van der Waals surface area contributed by atoms with Gasteiger partial charge in [-0.3, -0.25) is 9.59 Å². The molecule has 106 valence electrons. The number of rotatable bonds is 8. The summed E-state index contributed by atoms with van der Waals surface area (Å²) in [6, 6.07) is -0.831. The molecule has 4 N–H and O–H groups in total. The van der Waals surface area contributed by atoms with Gasteiger partial charge in [0.1, 0.15) is 6.04 Å². The summed E-state index contributed by atoms with van der Waals surface area (Å²) in [7, 11) is 0. The molecule has 1 amide bonds. The van der Waals surface area contributed by atoms with Crippen LogP contribution in [0.3, 0.4) is 0 Å². The zero-order valence-corrected chi connectivity index (χ0v) is 12.3. The standard InChI is InChI=1S/C12H24N2O3S/c1-5-6-8(2)14-9(15)7-18-12(3,4)10(13)11(16)17/h8,10H,5-7,13H2,1-4H3,(H,14,15)(H,16,17)/t8?,10-/m0/s1. The van der Waals surface area contributed by atoms with E-state index in [2.05, 4.69) is 12.2 Å². The summed E-state index contributed by atoms with van der Waals surface area (Å²) in [5.74, 6) is -0.902. The fraction of sp³-hybridized carbons (Fsp3) is 0.833. The lowest BCUT2D eigenvalue weighted by molar-refractivity contribution is -0.139. The molecule has 2 atom stereocenters. The molecule has 0 aromatic rings. The Labute approximate surface area is 113 Å². The molecule has 0 aromatic carbocycles. The Morgan fingerprint density at radius 2 is 2.00 bits per heavy atom. The van der Waals surface area contributed by atoms with Crippen LogP contribution >= 0.6 is 11.8 Å². The van der Waals surface area contributed by atoms with Crippen LogP contribution in [0.5, 0.6) is 0 Å². The summed E-state index contributed by atoms with van der Waals surface area (Å²) < 4.78 is -0.669. The second-order valence-electron chi connectivity index (χ2n) is 4.97. The molecule has 0 aliphatic carbocycles. The maximum Gasteiger partial charge on any atom is 0.321 e. The van der Waals surface area contributed by atoms with Gasteiger partial charge in [0.05, 0.1) is 5.75 Å². The van der Waals surface area contributed by atoms with Crippen molar-refractivity contribution in [1.82, 2.24) is 5.32 Å². The van der Waals surface area contributed by atoms with Crippen LogP contribution in [0.4, 0.5) is 0 Å². The highest BCUT2D eigenvalue weighted by Gasteiger charge is 2.33. The molecule has 0 saturated heterocycles. The lowest BCUT2D eigenvalue weighted by Crippen LogP contribution is -2.47. The number of nitrogens with two attached hydrogens (primary N) is 1. The van der Waals surface area contributed by atoms with Crippen molar-refractivity contribution >= 4 is 23.6 Å². The maximum absolute atomic E-state index is 11.6. The Balaban J connectivity index is 4.15. The van der Waals surface area contributed by atoms with Crippen molar-refractivity contribution in [3.05, 3.63) is 0 Å². The van der Waals surface area contributed by atoms with Gasteiger partial charge in [0, 0.05) is 10.8 Å². The molecule has 18 heavy (non-hydrogen) atoms. The van der Waals surface area contributed by atoms with Gasteiger partial charge in [-0.25, -0.2) is 0 Å². The highest BCUT2D eigenvalue weighted by atomic mass is 32.2. The topological polar surface area (TPSA) is 92.4 Å². The van der Waals surface area contributed by atoms with E-state index in [0.717, 1.165) is 12.8 Å². The van der Waals surface area contributed by atoms with Gasteiger partial charge in [-0.15, -0.1) is 11.8 Å². The number of carbonyl (C=O) groups excluding carboxylic acids is 1. The van der Waals surface area contributed by atoms with Crippen LogP contribution in [-0.2, 0) is 9.59 Å². The molecule has 0 bridgehead atoms. The molecule has 6 heteroatoms. The maximum atomic E-state index is 11.6. The quantitative estimate of drug-likeness (QED) is 0.620. The van der Waals surface area contributed by atoms with E-state index >= 15 is 0 Å². The minimum Gasteiger partial charge on any atom is -0.480 e. The molecule has 0 saturated carbocycles. The van der Waals surface area contributed by atoms with Crippen LogP contribution in [0.1, 0.15) is 40.5 Å². The van der Waals surface area contributed by atoms with Gasteiger partial charge in [0.15, 0.2) is 0 Å². The summed E-state index contributed by atoms with van der Waals surface area (Å²) in [6.45, 7) is 7.49. The first kappa shape index (κ1) is 17.2. The third-order valence-electron chi connectivity index (χ3n) is 2.72. The van der Waals surface area contributed by atoms with Crippen LogP contribution in [0.15, 0.2) is 0 Å². The molecule has 0 aliphatic rings. The van der Waals surface area contributed by atoms with Crippen molar-refractivity contribution < 1.29 is 14.7 Å². The average molecular weight is 276 g/mol. The predicted octanol–water partition coefficient (Wildman–Crippen LogP) is 1.21. The van der Waals surface area contributed by atoms with Gasteiger partial charge in [0.2, 0.25) is 5.91 Å². The van der Waals surface area contributed by atoms with Crippen molar-refractivity contribution in [3.63, 3.8) is 0 Å². The smallest absolute Gasteiger partial charge is 0.321 e. The fourth-order valence-electron chi connectivity index (χ4n) is 1.46.